The molecule has 2 aromatic rings. The molecule has 1 aromatic heterocycles. The molecule has 1 saturated heterocycles. The van der Waals surface area contributed by atoms with E-state index in [-0.39, 0.29) is 12.0 Å². The highest BCUT2D eigenvalue weighted by molar-refractivity contribution is 5.91. The highest BCUT2D eigenvalue weighted by atomic mass is 16.5. The van der Waals surface area contributed by atoms with E-state index < -0.39 is 0 Å². The summed E-state index contributed by atoms with van der Waals surface area (Å²) in [6.07, 6.45) is 3.08. The first-order valence-electron chi connectivity index (χ1n) is 8.15. The van der Waals surface area contributed by atoms with Crippen molar-refractivity contribution in [3.05, 3.63) is 59.7 Å². The molecular formula is C18H22N4O2. The van der Waals surface area contributed by atoms with Crippen molar-refractivity contribution in [2.75, 3.05) is 26.2 Å². The smallest absolute Gasteiger partial charge is 0.271 e. The summed E-state index contributed by atoms with van der Waals surface area (Å²) in [7, 11) is 0. The second-order valence-electron chi connectivity index (χ2n) is 5.97. The van der Waals surface area contributed by atoms with Crippen molar-refractivity contribution >= 4 is 5.91 Å². The molecule has 1 N–H and O–H groups in total. The molecule has 0 radical (unpaired) electrons. The summed E-state index contributed by atoms with van der Waals surface area (Å²) in [4.78, 5) is 22.6. The summed E-state index contributed by atoms with van der Waals surface area (Å²) in [6.45, 7) is 5.60. The number of rotatable bonds is 5. The Balaban J connectivity index is 1.48. The molecule has 1 aromatic carbocycles. The molecule has 2 heterocycles. The number of nitrogens with one attached hydrogen (secondary N) is 1. The van der Waals surface area contributed by atoms with Crippen molar-refractivity contribution in [3.63, 3.8) is 0 Å². The minimum absolute atomic E-state index is 0.00943. The fourth-order valence-corrected chi connectivity index (χ4v) is 2.70. The minimum Gasteiger partial charge on any atom is -0.374 e. The molecular weight excluding hydrogens is 304 g/mol. The molecule has 0 aliphatic carbocycles. The molecule has 0 spiro atoms. The lowest BCUT2D eigenvalue weighted by atomic mass is 10.2. The fraction of sp³-hybridized carbons (Fsp3) is 0.389. The molecule has 0 unspecified atom stereocenters. The molecule has 1 aliphatic rings. The first kappa shape index (κ1) is 16.5. The number of aryl methyl sites for hydroxylation is 1. The van der Waals surface area contributed by atoms with Crippen LogP contribution in [0.15, 0.2) is 42.7 Å². The van der Waals surface area contributed by atoms with Crippen molar-refractivity contribution in [3.8, 4) is 0 Å². The third-order valence-electron chi connectivity index (χ3n) is 3.98. The van der Waals surface area contributed by atoms with Crippen LogP contribution in [0, 0.1) is 6.92 Å². The summed E-state index contributed by atoms with van der Waals surface area (Å²) >= 11 is 0. The number of hydrogen-bond acceptors (Lipinski definition) is 5. The van der Waals surface area contributed by atoms with Crippen LogP contribution < -0.4 is 5.32 Å². The first-order chi connectivity index (χ1) is 11.7. The summed E-state index contributed by atoms with van der Waals surface area (Å²) in [6, 6.07) is 10.4. The number of carbonyl (C=O) groups excluding carboxylic acids is 1. The summed E-state index contributed by atoms with van der Waals surface area (Å²) in [5, 5.41) is 2.88. The third kappa shape index (κ3) is 4.59. The Bertz CT molecular complexity index is 660. The number of carbonyl (C=O) groups is 1. The predicted octanol–water partition coefficient (Wildman–Crippen LogP) is 1.42. The molecule has 1 fully saturated rings. The van der Waals surface area contributed by atoms with Crippen molar-refractivity contribution < 1.29 is 9.53 Å². The van der Waals surface area contributed by atoms with E-state index in [1.165, 1.54) is 11.8 Å². The standard InChI is InChI=1S/C18H22N4O2/c1-14-9-20-17(11-19-14)18(23)21-10-16-13-22(7-8-24-16)12-15-5-3-2-4-6-15/h2-6,9,11,16H,7-8,10,12-13H2,1H3,(H,21,23)/t16-/m1/s1. The van der Waals surface area contributed by atoms with Gasteiger partial charge in [-0.15, -0.1) is 0 Å². The molecule has 6 heteroatoms. The van der Waals surface area contributed by atoms with Gasteiger partial charge in [0.25, 0.3) is 5.91 Å². The van der Waals surface area contributed by atoms with Crippen LogP contribution in [-0.4, -0.2) is 53.1 Å². The van der Waals surface area contributed by atoms with Crippen LogP contribution in [0.1, 0.15) is 21.7 Å². The van der Waals surface area contributed by atoms with Crippen molar-refractivity contribution in [2.24, 2.45) is 0 Å². The molecule has 1 amide bonds. The zero-order valence-electron chi connectivity index (χ0n) is 13.8. The molecule has 6 nitrogen and oxygen atoms in total. The van der Waals surface area contributed by atoms with Gasteiger partial charge in [0.2, 0.25) is 0 Å². The maximum Gasteiger partial charge on any atom is 0.271 e. The lowest BCUT2D eigenvalue weighted by Gasteiger charge is -2.33. The van der Waals surface area contributed by atoms with E-state index in [9.17, 15) is 4.79 Å². The number of hydrogen-bond donors (Lipinski definition) is 1. The maximum atomic E-state index is 12.1. The van der Waals surface area contributed by atoms with E-state index in [4.69, 9.17) is 4.74 Å². The highest BCUT2D eigenvalue weighted by Gasteiger charge is 2.21. The summed E-state index contributed by atoms with van der Waals surface area (Å²) in [5.41, 5.74) is 2.41. The van der Waals surface area contributed by atoms with E-state index >= 15 is 0 Å². The SMILES string of the molecule is Cc1cnc(C(=O)NC[C@@H]2CN(Cc3ccccc3)CCO2)cn1. The Morgan fingerprint density at radius 2 is 2.12 bits per heavy atom. The Kier molecular flexibility index (Phi) is 5.51. The van der Waals surface area contributed by atoms with Gasteiger partial charge in [-0.05, 0) is 12.5 Å². The largest absolute Gasteiger partial charge is 0.374 e. The Morgan fingerprint density at radius 1 is 1.29 bits per heavy atom. The van der Waals surface area contributed by atoms with Crippen LogP contribution in [0.4, 0.5) is 0 Å². The van der Waals surface area contributed by atoms with Gasteiger partial charge in [0.1, 0.15) is 5.69 Å². The second kappa shape index (κ2) is 7.99. The van der Waals surface area contributed by atoms with E-state index in [1.54, 1.807) is 6.20 Å². The van der Waals surface area contributed by atoms with Gasteiger partial charge in [-0.3, -0.25) is 14.7 Å². The van der Waals surface area contributed by atoms with E-state index in [0.717, 1.165) is 25.3 Å². The van der Waals surface area contributed by atoms with Gasteiger partial charge in [-0.25, -0.2) is 4.98 Å². The average molecular weight is 326 g/mol. The molecule has 1 atom stereocenters. The van der Waals surface area contributed by atoms with Gasteiger partial charge in [0.05, 0.1) is 24.6 Å². The molecule has 126 valence electrons. The lowest BCUT2D eigenvalue weighted by Crippen LogP contribution is -2.47. The molecule has 3 rings (SSSR count). The number of nitrogens with zero attached hydrogens (tertiary/aromatic N) is 3. The first-order valence-corrected chi connectivity index (χ1v) is 8.15. The zero-order valence-corrected chi connectivity index (χ0v) is 13.8. The quantitative estimate of drug-likeness (QED) is 0.900. The summed E-state index contributed by atoms with van der Waals surface area (Å²) < 4.78 is 5.76. The summed E-state index contributed by atoms with van der Waals surface area (Å²) in [5.74, 6) is -0.216. The second-order valence-corrected chi connectivity index (χ2v) is 5.97. The van der Waals surface area contributed by atoms with Crippen molar-refractivity contribution in [1.82, 2.24) is 20.2 Å². The van der Waals surface area contributed by atoms with Crippen LogP contribution in [0.3, 0.4) is 0 Å². The zero-order chi connectivity index (χ0) is 16.8. The van der Waals surface area contributed by atoms with E-state index in [1.807, 2.05) is 13.0 Å². The number of ether oxygens (including phenoxy) is 1. The van der Waals surface area contributed by atoms with Crippen LogP contribution >= 0.6 is 0 Å². The topological polar surface area (TPSA) is 67.4 Å². The molecule has 0 saturated carbocycles. The van der Waals surface area contributed by atoms with Crippen LogP contribution in [-0.2, 0) is 11.3 Å². The van der Waals surface area contributed by atoms with Crippen LogP contribution in [0.25, 0.3) is 0 Å². The maximum absolute atomic E-state index is 12.1. The Morgan fingerprint density at radius 3 is 2.88 bits per heavy atom. The van der Waals surface area contributed by atoms with Crippen LogP contribution in [0.2, 0.25) is 0 Å². The van der Waals surface area contributed by atoms with E-state index in [0.29, 0.717) is 18.8 Å². The monoisotopic (exact) mass is 326 g/mol. The normalized spacial score (nSPS) is 18.3. The number of benzene rings is 1. The van der Waals surface area contributed by atoms with Gasteiger partial charge >= 0.3 is 0 Å². The lowest BCUT2D eigenvalue weighted by molar-refractivity contribution is -0.0292. The van der Waals surface area contributed by atoms with Crippen molar-refractivity contribution in [2.45, 2.75) is 19.6 Å². The molecule has 1 aliphatic heterocycles. The predicted molar refractivity (Wildman–Crippen MR) is 90.6 cm³/mol. The highest BCUT2D eigenvalue weighted by Crippen LogP contribution is 2.10. The number of amides is 1. The fourth-order valence-electron chi connectivity index (χ4n) is 2.70. The van der Waals surface area contributed by atoms with Gasteiger partial charge in [0.15, 0.2) is 0 Å². The number of aromatic nitrogens is 2. The minimum atomic E-state index is -0.216. The third-order valence-corrected chi connectivity index (χ3v) is 3.98. The van der Waals surface area contributed by atoms with Crippen LogP contribution in [0.5, 0.6) is 0 Å². The average Bonchev–Trinajstić information content (AvgIpc) is 2.61. The molecule has 24 heavy (non-hydrogen) atoms. The van der Waals surface area contributed by atoms with E-state index in [2.05, 4.69) is 44.5 Å². The Labute approximate surface area is 141 Å². The van der Waals surface area contributed by atoms with Gasteiger partial charge in [-0.1, -0.05) is 30.3 Å². The molecule has 0 bridgehead atoms. The van der Waals surface area contributed by atoms with Gasteiger partial charge in [0, 0.05) is 32.4 Å². The van der Waals surface area contributed by atoms with Gasteiger partial charge < -0.3 is 10.1 Å². The van der Waals surface area contributed by atoms with Gasteiger partial charge in [-0.2, -0.15) is 0 Å². The Hall–Kier alpha value is -2.31. The van der Waals surface area contributed by atoms with Crippen molar-refractivity contribution in [1.29, 1.82) is 0 Å². The number of morpholine rings is 1.